The molecule has 0 radical (unpaired) electrons. The third-order valence-electron chi connectivity index (χ3n) is 3.23. The lowest BCUT2D eigenvalue weighted by Crippen LogP contribution is -2.35. The Morgan fingerprint density at radius 1 is 1.33 bits per heavy atom. The molecule has 21 heavy (non-hydrogen) atoms. The number of carbonyl (C=O) groups excluding carboxylic acids is 1. The van der Waals surface area contributed by atoms with Gasteiger partial charge in [-0.25, -0.2) is 13.4 Å². The van der Waals surface area contributed by atoms with Crippen molar-refractivity contribution in [2.24, 2.45) is 0 Å². The smallest absolute Gasteiger partial charge is 0.271 e. The highest BCUT2D eigenvalue weighted by Crippen LogP contribution is 2.23. The van der Waals surface area contributed by atoms with Gasteiger partial charge in [-0.1, -0.05) is 0 Å². The Morgan fingerprint density at radius 2 is 2.10 bits per heavy atom. The van der Waals surface area contributed by atoms with Crippen LogP contribution in [0.1, 0.15) is 16.9 Å². The fourth-order valence-electron chi connectivity index (χ4n) is 2.17. The molecule has 6 nitrogen and oxygen atoms in total. The van der Waals surface area contributed by atoms with E-state index in [0.717, 1.165) is 10.6 Å². The largest absolute Gasteiger partial charge is 0.347 e. The first-order valence-corrected chi connectivity index (χ1v) is 9.11. The van der Waals surface area contributed by atoms with Crippen molar-refractivity contribution in [3.05, 3.63) is 35.6 Å². The molecule has 0 bridgehead atoms. The third kappa shape index (κ3) is 3.27. The van der Waals surface area contributed by atoms with E-state index in [-0.39, 0.29) is 23.5 Å². The number of thiazole rings is 1. The maximum atomic E-state index is 12.1. The molecule has 3 rings (SSSR count). The monoisotopic (exact) mass is 323 g/mol. The summed E-state index contributed by atoms with van der Waals surface area (Å²) in [5.74, 6) is -0.175. The highest BCUT2D eigenvalue weighted by atomic mass is 32.2. The van der Waals surface area contributed by atoms with Gasteiger partial charge in [-0.3, -0.25) is 9.78 Å². The van der Waals surface area contributed by atoms with Crippen LogP contribution in [0.2, 0.25) is 0 Å². The van der Waals surface area contributed by atoms with E-state index in [1.807, 2.05) is 12.1 Å². The SMILES string of the molecule is O=C(NC1CCS(=O)(=O)C1)c1csc(-c2ccncc2)n1. The summed E-state index contributed by atoms with van der Waals surface area (Å²) in [5, 5.41) is 5.14. The number of amides is 1. The summed E-state index contributed by atoms with van der Waals surface area (Å²) >= 11 is 1.37. The lowest BCUT2D eigenvalue weighted by molar-refractivity contribution is 0.0937. The maximum absolute atomic E-state index is 12.1. The molecule has 3 heterocycles. The van der Waals surface area contributed by atoms with Gasteiger partial charge < -0.3 is 5.32 Å². The van der Waals surface area contributed by atoms with Crippen molar-refractivity contribution in [1.29, 1.82) is 0 Å². The van der Waals surface area contributed by atoms with Crippen molar-refractivity contribution >= 4 is 27.1 Å². The first-order valence-electron chi connectivity index (χ1n) is 6.41. The van der Waals surface area contributed by atoms with E-state index in [2.05, 4.69) is 15.3 Å². The summed E-state index contributed by atoms with van der Waals surface area (Å²) < 4.78 is 22.8. The molecule has 1 atom stereocenters. The van der Waals surface area contributed by atoms with Crippen molar-refractivity contribution in [2.45, 2.75) is 12.5 Å². The summed E-state index contributed by atoms with van der Waals surface area (Å²) in [5.41, 5.74) is 1.22. The van der Waals surface area contributed by atoms with E-state index in [4.69, 9.17) is 0 Å². The number of hydrogen-bond acceptors (Lipinski definition) is 6. The zero-order valence-corrected chi connectivity index (χ0v) is 12.7. The van der Waals surface area contributed by atoms with Gasteiger partial charge in [-0.15, -0.1) is 11.3 Å². The quantitative estimate of drug-likeness (QED) is 0.914. The molecule has 2 aromatic rings. The molecule has 1 N–H and O–H groups in total. The normalized spacial score (nSPS) is 20.3. The molecule has 110 valence electrons. The molecule has 1 amide bonds. The van der Waals surface area contributed by atoms with E-state index in [9.17, 15) is 13.2 Å². The van der Waals surface area contributed by atoms with Gasteiger partial charge in [-0.05, 0) is 18.6 Å². The number of sulfone groups is 1. The Balaban J connectivity index is 1.70. The van der Waals surface area contributed by atoms with Crippen LogP contribution in [-0.4, -0.2) is 41.8 Å². The van der Waals surface area contributed by atoms with Crippen LogP contribution >= 0.6 is 11.3 Å². The van der Waals surface area contributed by atoms with Crippen LogP contribution in [0.15, 0.2) is 29.9 Å². The van der Waals surface area contributed by atoms with Gasteiger partial charge in [0.2, 0.25) is 0 Å². The highest BCUT2D eigenvalue weighted by molar-refractivity contribution is 7.91. The molecule has 1 fully saturated rings. The maximum Gasteiger partial charge on any atom is 0.271 e. The molecule has 2 aromatic heterocycles. The number of carbonyl (C=O) groups is 1. The highest BCUT2D eigenvalue weighted by Gasteiger charge is 2.29. The predicted octanol–water partition coefficient (Wildman–Crippen LogP) is 1.12. The fraction of sp³-hybridized carbons (Fsp3) is 0.308. The lowest BCUT2D eigenvalue weighted by atomic mass is 10.2. The van der Waals surface area contributed by atoms with Gasteiger partial charge in [0.15, 0.2) is 9.84 Å². The first-order chi connectivity index (χ1) is 10.0. The minimum atomic E-state index is -3.00. The Hall–Kier alpha value is -1.80. The Bertz CT molecular complexity index is 756. The molecular formula is C13H13N3O3S2. The van der Waals surface area contributed by atoms with Gasteiger partial charge in [0.1, 0.15) is 10.7 Å². The van der Waals surface area contributed by atoms with E-state index >= 15 is 0 Å². The number of pyridine rings is 1. The number of nitrogens with one attached hydrogen (secondary N) is 1. The summed E-state index contributed by atoms with van der Waals surface area (Å²) in [6, 6.07) is 3.34. The lowest BCUT2D eigenvalue weighted by Gasteiger charge is -2.08. The number of nitrogens with zero attached hydrogens (tertiary/aromatic N) is 2. The second-order valence-electron chi connectivity index (χ2n) is 4.85. The zero-order valence-electron chi connectivity index (χ0n) is 11.0. The van der Waals surface area contributed by atoms with Crippen LogP contribution in [0.4, 0.5) is 0 Å². The number of rotatable bonds is 3. The molecule has 0 aliphatic carbocycles. The predicted molar refractivity (Wildman–Crippen MR) is 79.9 cm³/mol. The van der Waals surface area contributed by atoms with Crippen molar-refractivity contribution < 1.29 is 13.2 Å². The summed E-state index contributed by atoms with van der Waals surface area (Å²) in [7, 11) is -3.00. The second-order valence-corrected chi connectivity index (χ2v) is 7.93. The summed E-state index contributed by atoms with van der Waals surface area (Å²) in [4.78, 5) is 20.3. The third-order valence-corrected chi connectivity index (χ3v) is 5.89. The molecule has 1 aliphatic heterocycles. The first kappa shape index (κ1) is 14.2. The van der Waals surface area contributed by atoms with E-state index in [1.165, 1.54) is 11.3 Å². The Kier molecular flexibility index (Phi) is 3.73. The fourth-order valence-corrected chi connectivity index (χ4v) is 4.65. The average Bonchev–Trinajstić information content (AvgIpc) is 3.07. The molecule has 0 saturated carbocycles. The molecule has 8 heteroatoms. The van der Waals surface area contributed by atoms with Gasteiger partial charge in [0, 0.05) is 29.4 Å². The Labute approximate surface area is 126 Å². The molecule has 1 unspecified atom stereocenters. The molecule has 1 aliphatic rings. The van der Waals surface area contributed by atoms with Crippen molar-refractivity contribution in [3.63, 3.8) is 0 Å². The van der Waals surface area contributed by atoms with Crippen LogP contribution in [0, 0.1) is 0 Å². The number of hydrogen-bond donors (Lipinski definition) is 1. The minimum Gasteiger partial charge on any atom is -0.347 e. The van der Waals surface area contributed by atoms with Crippen molar-refractivity contribution in [3.8, 4) is 10.6 Å². The molecule has 0 aromatic carbocycles. The standard InChI is InChI=1S/C13H13N3O3S2/c17-12(15-10-3-6-21(18,19)8-10)11-7-20-13(16-11)9-1-4-14-5-2-9/h1-2,4-5,7,10H,3,6,8H2,(H,15,17). The van der Waals surface area contributed by atoms with E-state index in [1.54, 1.807) is 17.8 Å². The van der Waals surface area contributed by atoms with Crippen molar-refractivity contribution in [1.82, 2.24) is 15.3 Å². The van der Waals surface area contributed by atoms with Crippen LogP contribution in [0.25, 0.3) is 10.6 Å². The van der Waals surface area contributed by atoms with Crippen LogP contribution in [-0.2, 0) is 9.84 Å². The Morgan fingerprint density at radius 3 is 2.76 bits per heavy atom. The van der Waals surface area contributed by atoms with Gasteiger partial charge in [0.25, 0.3) is 5.91 Å². The summed E-state index contributed by atoms with van der Waals surface area (Å²) in [6.45, 7) is 0. The van der Waals surface area contributed by atoms with Gasteiger partial charge in [-0.2, -0.15) is 0 Å². The molecule has 0 spiro atoms. The van der Waals surface area contributed by atoms with E-state index in [0.29, 0.717) is 12.1 Å². The summed E-state index contributed by atoms with van der Waals surface area (Å²) in [6.07, 6.45) is 3.80. The van der Waals surface area contributed by atoms with Crippen LogP contribution in [0.5, 0.6) is 0 Å². The van der Waals surface area contributed by atoms with Gasteiger partial charge in [0.05, 0.1) is 11.5 Å². The zero-order chi connectivity index (χ0) is 14.9. The molecule has 1 saturated heterocycles. The van der Waals surface area contributed by atoms with Crippen LogP contribution in [0.3, 0.4) is 0 Å². The topological polar surface area (TPSA) is 89.0 Å². The second kappa shape index (κ2) is 5.53. The number of aromatic nitrogens is 2. The average molecular weight is 323 g/mol. The van der Waals surface area contributed by atoms with Gasteiger partial charge >= 0.3 is 0 Å². The van der Waals surface area contributed by atoms with E-state index < -0.39 is 9.84 Å². The minimum absolute atomic E-state index is 0.0140. The molecular weight excluding hydrogens is 310 g/mol. The van der Waals surface area contributed by atoms with Crippen molar-refractivity contribution in [2.75, 3.05) is 11.5 Å². The van der Waals surface area contributed by atoms with Crippen LogP contribution < -0.4 is 5.32 Å².